The van der Waals surface area contributed by atoms with Crippen molar-refractivity contribution in [1.82, 2.24) is 4.90 Å². The Morgan fingerprint density at radius 3 is 2.57 bits per heavy atom. The highest BCUT2D eigenvalue weighted by atomic mass is 19.1. The second-order valence-electron chi connectivity index (χ2n) is 5.15. The van der Waals surface area contributed by atoms with E-state index in [-0.39, 0.29) is 11.7 Å². The summed E-state index contributed by atoms with van der Waals surface area (Å²) in [5.41, 5.74) is 8.52. The van der Waals surface area contributed by atoms with Gasteiger partial charge in [0.15, 0.2) is 0 Å². The molecule has 0 aromatic heterocycles. The second-order valence-corrected chi connectivity index (χ2v) is 5.15. The van der Waals surface area contributed by atoms with Crippen LogP contribution in [0.15, 0.2) is 42.5 Å². The Morgan fingerprint density at radius 1 is 1.19 bits per heavy atom. The zero-order valence-electron chi connectivity index (χ0n) is 12.3. The molecular weight excluding hydrogens is 267 g/mol. The average Bonchev–Trinajstić information content (AvgIpc) is 2.49. The van der Waals surface area contributed by atoms with Gasteiger partial charge >= 0.3 is 0 Å². The molecule has 0 saturated heterocycles. The Labute approximate surface area is 124 Å². The topological polar surface area (TPSA) is 46.3 Å². The molecule has 21 heavy (non-hydrogen) atoms. The first-order valence-corrected chi connectivity index (χ1v) is 6.80. The van der Waals surface area contributed by atoms with Gasteiger partial charge in [-0.2, -0.15) is 0 Å². The van der Waals surface area contributed by atoms with Crippen molar-refractivity contribution in [1.29, 1.82) is 0 Å². The number of aryl methyl sites for hydroxylation is 1. The average molecular weight is 286 g/mol. The highest BCUT2D eigenvalue weighted by Crippen LogP contribution is 2.13. The van der Waals surface area contributed by atoms with Crippen LogP contribution in [0.2, 0.25) is 0 Å². The first-order valence-electron chi connectivity index (χ1n) is 6.80. The lowest BCUT2D eigenvalue weighted by Gasteiger charge is -2.18. The van der Waals surface area contributed by atoms with E-state index in [4.69, 9.17) is 5.73 Å². The van der Waals surface area contributed by atoms with Gasteiger partial charge in [-0.05, 0) is 35.7 Å². The number of carbonyl (C=O) groups is 1. The number of nitrogens with two attached hydrogens (primary N) is 1. The van der Waals surface area contributed by atoms with E-state index < -0.39 is 0 Å². The van der Waals surface area contributed by atoms with Gasteiger partial charge in [0.2, 0.25) is 0 Å². The van der Waals surface area contributed by atoms with Crippen LogP contribution in [0.5, 0.6) is 0 Å². The van der Waals surface area contributed by atoms with Crippen LogP contribution in [0.1, 0.15) is 27.0 Å². The molecule has 4 heteroatoms. The summed E-state index contributed by atoms with van der Waals surface area (Å²) in [6.45, 7) is 2.60. The molecule has 0 unspecified atom stereocenters. The van der Waals surface area contributed by atoms with Crippen molar-refractivity contribution < 1.29 is 9.18 Å². The third kappa shape index (κ3) is 3.67. The third-order valence-corrected chi connectivity index (χ3v) is 3.41. The Kier molecular flexibility index (Phi) is 4.70. The largest absolute Gasteiger partial charge is 0.337 e. The van der Waals surface area contributed by atoms with Crippen LogP contribution in [-0.4, -0.2) is 17.9 Å². The van der Waals surface area contributed by atoms with Crippen LogP contribution in [0, 0.1) is 12.7 Å². The Hall–Kier alpha value is -2.20. The molecular formula is C17H19FN2O. The van der Waals surface area contributed by atoms with Gasteiger partial charge in [0.1, 0.15) is 5.82 Å². The predicted molar refractivity (Wildman–Crippen MR) is 81.3 cm³/mol. The summed E-state index contributed by atoms with van der Waals surface area (Å²) in [7, 11) is 1.70. The summed E-state index contributed by atoms with van der Waals surface area (Å²) in [5, 5.41) is 0. The first kappa shape index (κ1) is 15.2. The van der Waals surface area contributed by atoms with Crippen LogP contribution in [-0.2, 0) is 13.1 Å². The molecule has 0 radical (unpaired) electrons. The van der Waals surface area contributed by atoms with E-state index in [2.05, 4.69) is 0 Å². The van der Waals surface area contributed by atoms with Crippen LogP contribution in [0.3, 0.4) is 0 Å². The van der Waals surface area contributed by atoms with Crippen molar-refractivity contribution >= 4 is 5.91 Å². The summed E-state index contributed by atoms with van der Waals surface area (Å²) in [5.74, 6) is -0.563. The molecule has 0 aliphatic rings. The smallest absolute Gasteiger partial charge is 0.253 e. The molecule has 2 aromatic carbocycles. The monoisotopic (exact) mass is 286 g/mol. The van der Waals surface area contributed by atoms with Crippen LogP contribution in [0.4, 0.5) is 4.39 Å². The number of carbonyl (C=O) groups excluding carboxylic acids is 1. The van der Waals surface area contributed by atoms with Crippen molar-refractivity contribution in [3.63, 3.8) is 0 Å². The van der Waals surface area contributed by atoms with E-state index in [0.717, 1.165) is 11.1 Å². The maximum absolute atomic E-state index is 13.5. The Morgan fingerprint density at radius 2 is 1.90 bits per heavy atom. The zero-order valence-corrected chi connectivity index (χ0v) is 12.3. The quantitative estimate of drug-likeness (QED) is 0.939. The third-order valence-electron chi connectivity index (χ3n) is 3.41. The molecule has 2 N–H and O–H groups in total. The normalized spacial score (nSPS) is 10.5. The number of benzene rings is 2. The minimum atomic E-state index is -0.362. The molecule has 0 fully saturated rings. The van der Waals surface area contributed by atoms with Crippen LogP contribution < -0.4 is 5.73 Å². The molecule has 0 bridgehead atoms. The number of rotatable bonds is 4. The van der Waals surface area contributed by atoms with Gasteiger partial charge in [-0.15, -0.1) is 0 Å². The molecule has 0 heterocycles. The van der Waals surface area contributed by atoms with Crippen molar-refractivity contribution in [3.05, 3.63) is 70.5 Å². The van der Waals surface area contributed by atoms with Crippen molar-refractivity contribution in [3.8, 4) is 0 Å². The Balaban J connectivity index is 2.13. The van der Waals surface area contributed by atoms with E-state index in [1.165, 1.54) is 6.07 Å². The van der Waals surface area contributed by atoms with Gasteiger partial charge in [0.25, 0.3) is 5.91 Å². The fourth-order valence-electron chi connectivity index (χ4n) is 2.15. The molecule has 2 aromatic rings. The molecule has 0 aliphatic heterocycles. The van der Waals surface area contributed by atoms with Gasteiger partial charge in [-0.1, -0.05) is 30.3 Å². The summed E-state index contributed by atoms with van der Waals surface area (Å²) >= 11 is 0. The van der Waals surface area contributed by atoms with Gasteiger partial charge in [0.05, 0.1) is 0 Å². The summed E-state index contributed by atoms with van der Waals surface area (Å²) in [6, 6.07) is 12.3. The van der Waals surface area contributed by atoms with E-state index in [9.17, 15) is 9.18 Å². The van der Waals surface area contributed by atoms with Gasteiger partial charge in [-0.25, -0.2) is 4.39 Å². The van der Waals surface area contributed by atoms with Crippen molar-refractivity contribution in [2.24, 2.45) is 5.73 Å². The highest BCUT2D eigenvalue weighted by Gasteiger charge is 2.13. The molecule has 3 nitrogen and oxygen atoms in total. The molecule has 2 rings (SSSR count). The minimum Gasteiger partial charge on any atom is -0.337 e. The molecule has 0 spiro atoms. The lowest BCUT2D eigenvalue weighted by molar-refractivity contribution is 0.0784. The molecule has 0 aliphatic carbocycles. The van der Waals surface area contributed by atoms with E-state index in [1.54, 1.807) is 31.0 Å². The minimum absolute atomic E-state index is 0.202. The number of hydrogen-bond donors (Lipinski definition) is 1. The lowest BCUT2D eigenvalue weighted by atomic mass is 10.1. The number of amides is 1. The highest BCUT2D eigenvalue weighted by molar-refractivity contribution is 5.94. The molecule has 110 valence electrons. The molecule has 1 amide bonds. The van der Waals surface area contributed by atoms with Gasteiger partial charge in [0, 0.05) is 25.7 Å². The number of hydrogen-bond acceptors (Lipinski definition) is 2. The van der Waals surface area contributed by atoms with Gasteiger partial charge in [-0.3, -0.25) is 4.79 Å². The number of halogens is 1. The fourth-order valence-corrected chi connectivity index (χ4v) is 2.15. The summed E-state index contributed by atoms with van der Waals surface area (Å²) in [6.07, 6.45) is 0. The summed E-state index contributed by atoms with van der Waals surface area (Å²) in [4.78, 5) is 13.9. The standard InChI is InChI=1S/C17H19FN2O/c1-12-6-7-15(9-16(12)18)17(21)20(2)11-14-5-3-4-13(8-14)10-19/h3-9H,10-11,19H2,1-2H3. The summed E-state index contributed by atoms with van der Waals surface area (Å²) < 4.78 is 13.5. The SMILES string of the molecule is Cc1ccc(C(=O)N(C)Cc2cccc(CN)c2)cc1F. The molecule has 0 saturated carbocycles. The Bertz CT molecular complexity index is 655. The van der Waals surface area contributed by atoms with Crippen LogP contribution >= 0.6 is 0 Å². The number of nitrogens with zero attached hydrogens (tertiary/aromatic N) is 1. The second kappa shape index (κ2) is 6.50. The molecule has 0 atom stereocenters. The maximum Gasteiger partial charge on any atom is 0.253 e. The first-order chi connectivity index (χ1) is 10.0. The predicted octanol–water partition coefficient (Wildman–Crippen LogP) is 2.87. The maximum atomic E-state index is 13.5. The zero-order chi connectivity index (χ0) is 15.4. The van der Waals surface area contributed by atoms with E-state index in [0.29, 0.717) is 24.2 Å². The lowest BCUT2D eigenvalue weighted by Crippen LogP contribution is -2.26. The van der Waals surface area contributed by atoms with E-state index in [1.807, 2.05) is 24.3 Å². The van der Waals surface area contributed by atoms with Crippen LogP contribution in [0.25, 0.3) is 0 Å². The van der Waals surface area contributed by atoms with Crippen molar-refractivity contribution in [2.75, 3.05) is 7.05 Å². The van der Waals surface area contributed by atoms with E-state index >= 15 is 0 Å². The van der Waals surface area contributed by atoms with Gasteiger partial charge < -0.3 is 10.6 Å². The fraction of sp³-hybridized carbons (Fsp3) is 0.235. The van der Waals surface area contributed by atoms with Crippen molar-refractivity contribution in [2.45, 2.75) is 20.0 Å².